The Morgan fingerprint density at radius 2 is 1.79 bits per heavy atom. The first-order valence-electron chi connectivity index (χ1n) is 4.36. The highest BCUT2D eigenvalue weighted by atomic mass is 16.6. The van der Waals surface area contributed by atoms with E-state index in [0.717, 1.165) is 0 Å². The van der Waals surface area contributed by atoms with E-state index in [1.165, 1.54) is 0 Å². The second-order valence-corrected chi connectivity index (χ2v) is 3.08. The molecule has 0 aromatic rings. The molecule has 0 radical (unpaired) electrons. The van der Waals surface area contributed by atoms with Gasteiger partial charge < -0.3 is 14.9 Å². The Balaban J connectivity index is 2.89. The van der Waals surface area contributed by atoms with Crippen LogP contribution in [-0.4, -0.2) is 34.9 Å². The lowest BCUT2D eigenvalue weighted by Gasteiger charge is -2.04. The van der Waals surface area contributed by atoms with Gasteiger partial charge in [0.1, 0.15) is 0 Å². The van der Waals surface area contributed by atoms with Crippen LogP contribution in [0.15, 0.2) is 11.1 Å². The average Bonchev–Trinajstić information content (AvgIpc) is 2.86. The summed E-state index contributed by atoms with van der Waals surface area (Å²) in [6.45, 7) is 2.15. The van der Waals surface area contributed by atoms with Gasteiger partial charge in [-0.2, -0.15) is 0 Å². The van der Waals surface area contributed by atoms with Crippen LogP contribution in [-0.2, 0) is 14.3 Å². The van der Waals surface area contributed by atoms with Crippen LogP contribution in [0.3, 0.4) is 0 Å². The maximum atomic E-state index is 10.8. The minimum Gasteiger partial charge on any atom is -0.478 e. The van der Waals surface area contributed by atoms with Gasteiger partial charge in [0.05, 0.1) is 18.3 Å². The van der Waals surface area contributed by atoms with Crippen molar-refractivity contribution in [1.82, 2.24) is 0 Å². The Labute approximate surface area is 81.0 Å². The first-order chi connectivity index (χ1) is 6.56. The zero-order valence-corrected chi connectivity index (χ0v) is 7.82. The Hall–Kier alpha value is -1.36. The van der Waals surface area contributed by atoms with Crippen molar-refractivity contribution in [3.05, 3.63) is 11.1 Å². The van der Waals surface area contributed by atoms with E-state index in [2.05, 4.69) is 0 Å². The second kappa shape index (κ2) is 4.23. The van der Waals surface area contributed by atoms with Crippen LogP contribution in [0.2, 0.25) is 0 Å². The van der Waals surface area contributed by atoms with Gasteiger partial charge in [-0.05, 0) is 6.42 Å². The third kappa shape index (κ3) is 2.56. The van der Waals surface area contributed by atoms with Gasteiger partial charge in [0.25, 0.3) is 0 Å². The summed E-state index contributed by atoms with van der Waals surface area (Å²) >= 11 is 0. The topological polar surface area (TPSA) is 87.1 Å². The van der Waals surface area contributed by atoms with E-state index in [0.29, 0.717) is 6.61 Å². The van der Waals surface area contributed by atoms with Gasteiger partial charge >= 0.3 is 11.9 Å². The molecular formula is C9H12O5. The number of rotatable bonds is 5. The van der Waals surface area contributed by atoms with Gasteiger partial charge in [0.15, 0.2) is 0 Å². The normalized spacial score (nSPS) is 21.4. The highest BCUT2D eigenvalue weighted by Crippen LogP contribution is 2.23. The molecule has 1 aliphatic rings. The largest absolute Gasteiger partial charge is 0.478 e. The van der Waals surface area contributed by atoms with Crippen molar-refractivity contribution in [2.75, 3.05) is 6.61 Å². The molecule has 0 saturated carbocycles. The molecule has 1 aliphatic heterocycles. The molecule has 5 heteroatoms. The molecule has 0 aromatic heterocycles. The van der Waals surface area contributed by atoms with Crippen molar-refractivity contribution in [3.8, 4) is 0 Å². The van der Waals surface area contributed by atoms with Gasteiger partial charge in [-0.25, -0.2) is 9.59 Å². The van der Waals surface area contributed by atoms with E-state index in [1.807, 2.05) is 0 Å². The van der Waals surface area contributed by atoms with E-state index in [9.17, 15) is 9.59 Å². The molecule has 2 N–H and O–H groups in total. The summed E-state index contributed by atoms with van der Waals surface area (Å²) in [6.07, 6.45) is 0.288. The molecule has 1 heterocycles. The van der Waals surface area contributed by atoms with E-state index >= 15 is 0 Å². The zero-order chi connectivity index (χ0) is 10.7. The van der Waals surface area contributed by atoms with E-state index in [-0.39, 0.29) is 30.1 Å². The second-order valence-electron chi connectivity index (χ2n) is 3.08. The van der Waals surface area contributed by atoms with Crippen LogP contribution in [0, 0.1) is 0 Å². The monoisotopic (exact) mass is 200 g/mol. The van der Waals surface area contributed by atoms with Gasteiger partial charge in [-0.15, -0.1) is 0 Å². The Morgan fingerprint density at radius 3 is 2.07 bits per heavy atom. The smallest absolute Gasteiger partial charge is 0.332 e. The number of epoxide rings is 1. The molecule has 1 atom stereocenters. The lowest BCUT2D eigenvalue weighted by molar-refractivity contribution is -0.136. The van der Waals surface area contributed by atoms with Gasteiger partial charge in [-0.1, -0.05) is 6.92 Å². The fraction of sp³-hybridized carbons (Fsp3) is 0.556. The summed E-state index contributed by atoms with van der Waals surface area (Å²) in [5, 5.41) is 17.6. The lowest BCUT2D eigenvalue weighted by atomic mass is 10.0. The number of carbonyl (C=O) groups is 2. The van der Waals surface area contributed by atoms with Crippen molar-refractivity contribution in [2.45, 2.75) is 25.9 Å². The van der Waals surface area contributed by atoms with Crippen molar-refractivity contribution >= 4 is 11.9 Å². The van der Waals surface area contributed by atoms with Crippen LogP contribution in [0.4, 0.5) is 0 Å². The summed E-state index contributed by atoms with van der Waals surface area (Å²) in [7, 11) is 0. The third-order valence-electron chi connectivity index (χ3n) is 2.07. The predicted octanol–water partition coefficient (Wildman–Crippen LogP) is 0.651. The van der Waals surface area contributed by atoms with Crippen molar-refractivity contribution < 1.29 is 24.5 Å². The summed E-state index contributed by atoms with van der Waals surface area (Å²) in [4.78, 5) is 21.5. The summed E-state index contributed by atoms with van der Waals surface area (Å²) in [5.74, 6) is -2.33. The molecule has 0 aliphatic carbocycles. The molecular weight excluding hydrogens is 188 g/mol. The van der Waals surface area contributed by atoms with Crippen LogP contribution in [0.25, 0.3) is 0 Å². The number of carboxylic acids is 2. The van der Waals surface area contributed by atoms with Crippen LogP contribution in [0.1, 0.15) is 19.8 Å². The minimum absolute atomic E-state index is 0.0343. The highest BCUT2D eigenvalue weighted by molar-refractivity contribution is 5.98. The zero-order valence-electron chi connectivity index (χ0n) is 7.82. The maximum absolute atomic E-state index is 10.8. The Kier molecular flexibility index (Phi) is 3.24. The Morgan fingerprint density at radius 1 is 1.29 bits per heavy atom. The molecule has 1 unspecified atom stereocenters. The third-order valence-corrected chi connectivity index (χ3v) is 2.07. The summed E-state index contributed by atoms with van der Waals surface area (Å²) in [6, 6.07) is 0. The number of hydrogen-bond acceptors (Lipinski definition) is 3. The molecule has 0 aromatic carbocycles. The first-order valence-corrected chi connectivity index (χ1v) is 4.36. The maximum Gasteiger partial charge on any atom is 0.332 e. The predicted molar refractivity (Wildman–Crippen MR) is 46.9 cm³/mol. The summed E-state index contributed by atoms with van der Waals surface area (Å²) < 4.78 is 4.87. The molecule has 0 bridgehead atoms. The van der Waals surface area contributed by atoms with Crippen molar-refractivity contribution in [2.24, 2.45) is 0 Å². The van der Waals surface area contributed by atoms with E-state index < -0.39 is 11.9 Å². The van der Waals surface area contributed by atoms with Gasteiger partial charge in [0, 0.05) is 12.0 Å². The molecule has 78 valence electrons. The van der Waals surface area contributed by atoms with Gasteiger partial charge in [0.2, 0.25) is 0 Å². The molecule has 0 spiro atoms. The number of aliphatic carboxylic acids is 2. The lowest BCUT2D eigenvalue weighted by Crippen LogP contribution is -2.12. The van der Waals surface area contributed by atoms with Crippen LogP contribution < -0.4 is 0 Å². The highest BCUT2D eigenvalue weighted by Gasteiger charge is 2.29. The number of ether oxygens (including phenoxy) is 1. The molecule has 1 saturated heterocycles. The van der Waals surface area contributed by atoms with Crippen molar-refractivity contribution in [1.29, 1.82) is 0 Å². The van der Waals surface area contributed by atoms with Crippen LogP contribution in [0.5, 0.6) is 0 Å². The van der Waals surface area contributed by atoms with Crippen molar-refractivity contribution in [3.63, 3.8) is 0 Å². The fourth-order valence-corrected chi connectivity index (χ4v) is 1.25. The number of carboxylic acid groups (broad SMARTS) is 2. The quantitative estimate of drug-likeness (QED) is 0.502. The minimum atomic E-state index is -1.17. The van der Waals surface area contributed by atoms with Crippen LogP contribution >= 0.6 is 0 Å². The SMILES string of the molecule is CCC(C(=O)O)=C(CC1CO1)C(=O)O. The van der Waals surface area contributed by atoms with E-state index in [1.54, 1.807) is 6.92 Å². The standard InChI is InChI=1S/C9H12O5/c1-2-6(8(10)11)7(9(12)13)3-5-4-14-5/h5H,2-4H2,1H3,(H,10,11)(H,12,13). The molecule has 0 amide bonds. The molecule has 5 nitrogen and oxygen atoms in total. The number of hydrogen-bond donors (Lipinski definition) is 2. The average molecular weight is 200 g/mol. The van der Waals surface area contributed by atoms with Gasteiger partial charge in [-0.3, -0.25) is 0 Å². The Bertz CT molecular complexity index is 288. The summed E-state index contributed by atoms with van der Waals surface area (Å²) in [5.41, 5.74) is -0.0736. The molecule has 14 heavy (non-hydrogen) atoms. The fourth-order valence-electron chi connectivity index (χ4n) is 1.25. The first kappa shape index (κ1) is 10.7. The van der Waals surface area contributed by atoms with E-state index in [4.69, 9.17) is 14.9 Å². The molecule has 1 fully saturated rings. The molecule has 1 rings (SSSR count).